The molecule has 0 aliphatic rings. The molecule has 0 saturated carbocycles. The molecule has 2 aromatic rings. The summed E-state index contributed by atoms with van der Waals surface area (Å²) in [5.74, 6) is 0.730. The lowest BCUT2D eigenvalue weighted by Crippen LogP contribution is -2.29. The average molecular weight is 352 g/mol. The van der Waals surface area contributed by atoms with Gasteiger partial charge >= 0.3 is 0 Å². The molecule has 0 atom stereocenters. The SMILES string of the molecule is CCCCS(=O)(=O)NCCc1cc2c(C)ccc(OC)c2[nH]c1=O. The second-order valence-corrected chi connectivity index (χ2v) is 7.74. The van der Waals surface area contributed by atoms with Crippen LogP contribution < -0.4 is 15.0 Å². The van der Waals surface area contributed by atoms with Crippen molar-refractivity contribution >= 4 is 20.9 Å². The number of nitrogens with one attached hydrogen (secondary N) is 2. The zero-order valence-electron chi connectivity index (χ0n) is 14.3. The number of aromatic amines is 1. The van der Waals surface area contributed by atoms with E-state index in [-0.39, 0.29) is 17.9 Å². The highest BCUT2D eigenvalue weighted by Crippen LogP contribution is 2.25. The van der Waals surface area contributed by atoms with E-state index in [0.29, 0.717) is 29.7 Å². The normalized spacial score (nSPS) is 11.8. The number of hydrogen-bond acceptors (Lipinski definition) is 4. The molecule has 6 nitrogen and oxygen atoms in total. The van der Waals surface area contributed by atoms with Crippen LogP contribution >= 0.6 is 0 Å². The van der Waals surface area contributed by atoms with Crippen molar-refractivity contribution in [2.45, 2.75) is 33.1 Å². The summed E-state index contributed by atoms with van der Waals surface area (Å²) in [6.45, 7) is 4.11. The van der Waals surface area contributed by atoms with E-state index >= 15 is 0 Å². The molecule has 0 aliphatic carbocycles. The number of pyridine rings is 1. The maximum absolute atomic E-state index is 12.3. The number of methoxy groups -OCH3 is 1. The Hall–Kier alpha value is -1.86. The van der Waals surface area contributed by atoms with Crippen LogP contribution in [0.15, 0.2) is 23.0 Å². The van der Waals surface area contributed by atoms with Gasteiger partial charge in [-0.2, -0.15) is 0 Å². The maximum Gasteiger partial charge on any atom is 0.251 e. The van der Waals surface area contributed by atoms with Gasteiger partial charge in [0, 0.05) is 17.5 Å². The zero-order chi connectivity index (χ0) is 17.7. The molecule has 1 heterocycles. The van der Waals surface area contributed by atoms with Crippen LogP contribution in [-0.2, 0) is 16.4 Å². The summed E-state index contributed by atoms with van der Waals surface area (Å²) < 4.78 is 31.4. The van der Waals surface area contributed by atoms with E-state index in [2.05, 4.69) is 9.71 Å². The van der Waals surface area contributed by atoms with Gasteiger partial charge in [-0.15, -0.1) is 0 Å². The Kier molecular flexibility index (Phi) is 6.01. The first kappa shape index (κ1) is 18.5. The van der Waals surface area contributed by atoms with E-state index in [9.17, 15) is 13.2 Å². The van der Waals surface area contributed by atoms with E-state index < -0.39 is 10.0 Å². The number of hydrogen-bond donors (Lipinski definition) is 2. The fourth-order valence-electron chi connectivity index (χ4n) is 2.56. The first-order chi connectivity index (χ1) is 11.4. The van der Waals surface area contributed by atoms with Crippen LogP contribution in [0.25, 0.3) is 10.9 Å². The molecular formula is C17H24N2O4S. The summed E-state index contributed by atoms with van der Waals surface area (Å²) in [4.78, 5) is 15.1. The Labute approximate surface area is 142 Å². The van der Waals surface area contributed by atoms with Gasteiger partial charge in [-0.1, -0.05) is 19.4 Å². The minimum atomic E-state index is -3.27. The Morgan fingerprint density at radius 1 is 1.29 bits per heavy atom. The molecule has 2 N–H and O–H groups in total. The van der Waals surface area contributed by atoms with Crippen molar-refractivity contribution < 1.29 is 13.2 Å². The van der Waals surface area contributed by atoms with Crippen LogP contribution in [0.3, 0.4) is 0 Å². The Morgan fingerprint density at radius 2 is 2.04 bits per heavy atom. The predicted molar refractivity (Wildman–Crippen MR) is 96.3 cm³/mol. The number of rotatable bonds is 8. The Balaban J connectivity index is 2.20. The van der Waals surface area contributed by atoms with Crippen molar-refractivity contribution in [3.63, 3.8) is 0 Å². The third-order valence-electron chi connectivity index (χ3n) is 3.98. The molecule has 132 valence electrons. The Morgan fingerprint density at radius 3 is 2.71 bits per heavy atom. The lowest BCUT2D eigenvalue weighted by molar-refractivity contribution is 0.418. The molecule has 0 aliphatic heterocycles. The summed E-state index contributed by atoms with van der Waals surface area (Å²) in [5, 5.41) is 0.901. The van der Waals surface area contributed by atoms with Crippen LogP contribution in [-0.4, -0.2) is 32.8 Å². The quantitative estimate of drug-likeness (QED) is 0.761. The number of aryl methyl sites for hydroxylation is 1. The van der Waals surface area contributed by atoms with Gasteiger partial charge in [0.2, 0.25) is 10.0 Å². The molecule has 1 aromatic heterocycles. The van der Waals surface area contributed by atoms with Gasteiger partial charge < -0.3 is 9.72 Å². The third-order valence-corrected chi connectivity index (χ3v) is 5.45. The van der Waals surface area contributed by atoms with Crippen molar-refractivity contribution in [3.8, 4) is 5.75 Å². The van der Waals surface area contributed by atoms with Crippen LogP contribution in [0.4, 0.5) is 0 Å². The second-order valence-electron chi connectivity index (χ2n) is 5.81. The lowest BCUT2D eigenvalue weighted by Gasteiger charge is -2.10. The number of aromatic nitrogens is 1. The molecule has 24 heavy (non-hydrogen) atoms. The molecule has 2 rings (SSSR count). The Bertz CT molecular complexity index is 872. The smallest absolute Gasteiger partial charge is 0.251 e. The van der Waals surface area contributed by atoms with Gasteiger partial charge in [-0.3, -0.25) is 4.79 Å². The van der Waals surface area contributed by atoms with Crippen molar-refractivity contribution in [2.24, 2.45) is 0 Å². The molecule has 0 bridgehead atoms. The van der Waals surface area contributed by atoms with Crippen LogP contribution in [0.2, 0.25) is 0 Å². The highest BCUT2D eigenvalue weighted by atomic mass is 32.2. The molecule has 0 saturated heterocycles. The van der Waals surface area contributed by atoms with Gasteiger partial charge in [0.05, 0.1) is 18.4 Å². The molecule has 1 aromatic carbocycles. The second kappa shape index (κ2) is 7.81. The topological polar surface area (TPSA) is 88.3 Å². The minimum absolute atomic E-state index is 0.119. The van der Waals surface area contributed by atoms with Gasteiger partial charge in [-0.25, -0.2) is 13.1 Å². The van der Waals surface area contributed by atoms with Crippen LogP contribution in [0.5, 0.6) is 5.75 Å². The number of ether oxygens (including phenoxy) is 1. The van der Waals surface area contributed by atoms with E-state index in [4.69, 9.17) is 4.74 Å². The highest BCUT2D eigenvalue weighted by Gasteiger charge is 2.11. The molecule has 0 amide bonds. The predicted octanol–water partition coefficient (Wildman–Crippen LogP) is 2.11. The molecular weight excluding hydrogens is 328 g/mol. The number of benzene rings is 1. The number of fused-ring (bicyclic) bond motifs is 1. The van der Waals surface area contributed by atoms with Gasteiger partial charge in [0.1, 0.15) is 5.75 Å². The summed E-state index contributed by atoms with van der Waals surface area (Å²) >= 11 is 0. The molecule has 0 spiro atoms. The summed E-state index contributed by atoms with van der Waals surface area (Å²) in [6.07, 6.45) is 1.80. The van der Waals surface area contributed by atoms with Gasteiger partial charge in [0.15, 0.2) is 0 Å². The average Bonchev–Trinajstić information content (AvgIpc) is 2.54. The van der Waals surface area contributed by atoms with Crippen molar-refractivity contribution in [2.75, 3.05) is 19.4 Å². The van der Waals surface area contributed by atoms with Crippen molar-refractivity contribution in [1.29, 1.82) is 0 Å². The van der Waals surface area contributed by atoms with Crippen molar-refractivity contribution in [1.82, 2.24) is 9.71 Å². The van der Waals surface area contributed by atoms with Gasteiger partial charge in [-0.05, 0) is 37.5 Å². The fraction of sp³-hybridized carbons (Fsp3) is 0.471. The number of unbranched alkanes of at least 4 members (excludes halogenated alkanes) is 1. The summed E-state index contributed by atoms with van der Waals surface area (Å²) in [7, 11) is -1.71. The summed E-state index contributed by atoms with van der Waals surface area (Å²) in [5.41, 5.74) is 2.01. The van der Waals surface area contributed by atoms with E-state index in [1.54, 1.807) is 7.11 Å². The minimum Gasteiger partial charge on any atom is -0.495 e. The van der Waals surface area contributed by atoms with Crippen LogP contribution in [0.1, 0.15) is 30.9 Å². The largest absolute Gasteiger partial charge is 0.495 e. The van der Waals surface area contributed by atoms with E-state index in [1.165, 1.54) is 0 Å². The number of H-pyrrole nitrogens is 1. The molecule has 0 unspecified atom stereocenters. The molecule has 0 fully saturated rings. The third kappa shape index (κ3) is 4.36. The van der Waals surface area contributed by atoms with E-state index in [0.717, 1.165) is 17.4 Å². The molecule has 7 heteroatoms. The van der Waals surface area contributed by atoms with E-state index in [1.807, 2.05) is 32.0 Å². The first-order valence-corrected chi connectivity index (χ1v) is 9.70. The maximum atomic E-state index is 12.3. The number of sulfonamides is 1. The standard InChI is InChI=1S/C17H24N2O4S/c1-4-5-10-24(21,22)18-9-8-13-11-14-12(2)6-7-15(23-3)16(14)19-17(13)20/h6-7,11,18H,4-5,8-10H2,1-3H3,(H,19,20). The first-order valence-electron chi connectivity index (χ1n) is 8.04. The monoisotopic (exact) mass is 352 g/mol. The van der Waals surface area contributed by atoms with Crippen LogP contribution in [0, 0.1) is 6.92 Å². The fourth-order valence-corrected chi connectivity index (χ4v) is 3.78. The summed E-state index contributed by atoms with van der Waals surface area (Å²) in [6, 6.07) is 5.55. The zero-order valence-corrected chi connectivity index (χ0v) is 15.1. The van der Waals surface area contributed by atoms with Gasteiger partial charge in [0.25, 0.3) is 5.56 Å². The molecule has 0 radical (unpaired) electrons. The highest BCUT2D eigenvalue weighted by molar-refractivity contribution is 7.89. The lowest BCUT2D eigenvalue weighted by atomic mass is 10.1. The van der Waals surface area contributed by atoms with Crippen molar-refractivity contribution in [3.05, 3.63) is 39.7 Å².